The largest absolute Gasteiger partial charge is 0.382 e. The molecule has 1 atom stereocenters. The molecule has 2 nitrogen and oxygen atoms in total. The highest BCUT2D eigenvalue weighted by atomic mass is 32.1. The molecule has 0 aromatic rings. The second-order valence-electron chi connectivity index (χ2n) is 2.24. The van der Waals surface area contributed by atoms with Crippen LogP contribution in [0.15, 0.2) is 0 Å². The Hall–Kier alpha value is 0.270. The molecule has 0 saturated carbocycles. The van der Waals surface area contributed by atoms with E-state index in [0.717, 1.165) is 13.0 Å². The highest BCUT2D eigenvalue weighted by Crippen LogP contribution is 1.98. The topological polar surface area (TPSA) is 18.5 Å². The molecule has 0 saturated heterocycles. The molecule has 0 spiro atoms. The van der Waals surface area contributed by atoms with Gasteiger partial charge in [0, 0.05) is 19.0 Å². The van der Waals surface area contributed by atoms with Gasteiger partial charge in [-0.15, -0.1) is 0 Å². The minimum Gasteiger partial charge on any atom is -0.382 e. The van der Waals surface area contributed by atoms with Gasteiger partial charge in [0.1, 0.15) is 0 Å². The number of hydrogen-bond donors (Lipinski definition) is 1. The van der Waals surface area contributed by atoms with Gasteiger partial charge in [-0.2, -0.15) is 12.6 Å². The molecule has 0 amide bonds. The van der Waals surface area contributed by atoms with E-state index in [0.29, 0.717) is 18.5 Å². The quantitative estimate of drug-likeness (QED) is 0.472. The normalized spacial score (nSPS) is 13.5. The van der Waals surface area contributed by atoms with Crippen LogP contribution in [-0.2, 0) is 9.47 Å². The van der Waals surface area contributed by atoms with Crippen molar-refractivity contribution in [3.8, 4) is 0 Å². The van der Waals surface area contributed by atoms with Crippen LogP contribution in [0.25, 0.3) is 0 Å². The molecule has 0 aliphatic carbocycles. The number of methoxy groups -OCH3 is 1. The summed E-state index contributed by atoms with van der Waals surface area (Å²) in [6.45, 7) is 4.22. The zero-order valence-electron chi connectivity index (χ0n) is 6.67. The van der Waals surface area contributed by atoms with Crippen molar-refractivity contribution in [1.29, 1.82) is 0 Å². The fourth-order valence-corrected chi connectivity index (χ4v) is 0.604. The van der Waals surface area contributed by atoms with Crippen molar-refractivity contribution >= 4 is 12.6 Å². The third-order valence-corrected chi connectivity index (χ3v) is 1.37. The molecular formula is C7H16O2S. The van der Waals surface area contributed by atoms with Crippen LogP contribution in [0.1, 0.15) is 13.3 Å². The highest BCUT2D eigenvalue weighted by molar-refractivity contribution is 7.80. The van der Waals surface area contributed by atoms with E-state index in [9.17, 15) is 0 Å². The van der Waals surface area contributed by atoms with E-state index in [2.05, 4.69) is 19.6 Å². The van der Waals surface area contributed by atoms with Crippen molar-refractivity contribution in [2.24, 2.45) is 0 Å². The smallest absolute Gasteiger partial charge is 0.0700 e. The van der Waals surface area contributed by atoms with Gasteiger partial charge in [-0.1, -0.05) is 6.92 Å². The zero-order valence-corrected chi connectivity index (χ0v) is 7.56. The molecule has 0 aromatic heterocycles. The lowest BCUT2D eigenvalue weighted by Gasteiger charge is -2.04. The number of hydrogen-bond acceptors (Lipinski definition) is 3. The maximum Gasteiger partial charge on any atom is 0.0700 e. The van der Waals surface area contributed by atoms with Gasteiger partial charge in [0.15, 0.2) is 0 Å². The molecule has 0 bridgehead atoms. The fourth-order valence-electron chi connectivity index (χ4n) is 0.498. The molecule has 10 heavy (non-hydrogen) atoms. The van der Waals surface area contributed by atoms with Crippen LogP contribution < -0.4 is 0 Å². The first-order valence-corrected chi connectivity index (χ1v) is 4.03. The summed E-state index contributed by atoms with van der Waals surface area (Å²) < 4.78 is 10.0. The van der Waals surface area contributed by atoms with E-state index >= 15 is 0 Å². The van der Waals surface area contributed by atoms with Gasteiger partial charge < -0.3 is 9.47 Å². The summed E-state index contributed by atoms with van der Waals surface area (Å²) in [5, 5.41) is 0.433. The second-order valence-corrected chi connectivity index (χ2v) is 3.12. The summed E-state index contributed by atoms with van der Waals surface area (Å²) in [5.74, 6) is 0. The minimum atomic E-state index is 0.433. The molecule has 1 unspecified atom stereocenters. The predicted molar refractivity (Wildman–Crippen MR) is 45.8 cm³/mol. The molecule has 0 heterocycles. The number of thiol groups is 1. The van der Waals surface area contributed by atoms with Gasteiger partial charge in [-0.25, -0.2) is 0 Å². The maximum absolute atomic E-state index is 5.21. The van der Waals surface area contributed by atoms with Crippen LogP contribution in [0.4, 0.5) is 0 Å². The van der Waals surface area contributed by atoms with Crippen molar-refractivity contribution in [3.05, 3.63) is 0 Å². The van der Waals surface area contributed by atoms with Crippen molar-refractivity contribution in [1.82, 2.24) is 0 Å². The lowest BCUT2D eigenvalue weighted by Crippen LogP contribution is -2.05. The molecular weight excluding hydrogens is 148 g/mol. The average Bonchev–Trinajstić information content (AvgIpc) is 1.87. The van der Waals surface area contributed by atoms with E-state index in [4.69, 9.17) is 9.47 Å². The van der Waals surface area contributed by atoms with Gasteiger partial charge in [0.05, 0.1) is 13.2 Å². The Kier molecular flexibility index (Phi) is 7.58. The summed E-state index contributed by atoms with van der Waals surface area (Å²) in [7, 11) is 1.67. The highest BCUT2D eigenvalue weighted by Gasteiger charge is 1.93. The molecule has 0 N–H and O–H groups in total. The van der Waals surface area contributed by atoms with Crippen molar-refractivity contribution < 1.29 is 9.47 Å². The van der Waals surface area contributed by atoms with E-state index in [-0.39, 0.29) is 0 Å². The van der Waals surface area contributed by atoms with E-state index < -0.39 is 0 Å². The molecule has 0 aliphatic rings. The van der Waals surface area contributed by atoms with Gasteiger partial charge in [-0.05, 0) is 6.42 Å². The van der Waals surface area contributed by atoms with Crippen molar-refractivity contribution in [2.75, 3.05) is 26.9 Å². The van der Waals surface area contributed by atoms with Crippen LogP contribution in [-0.4, -0.2) is 32.2 Å². The van der Waals surface area contributed by atoms with Crippen LogP contribution in [0.5, 0.6) is 0 Å². The third-order valence-electron chi connectivity index (χ3n) is 1.11. The number of rotatable bonds is 6. The zero-order chi connectivity index (χ0) is 7.82. The molecule has 0 aromatic carbocycles. The first-order valence-electron chi connectivity index (χ1n) is 3.52. The van der Waals surface area contributed by atoms with Crippen LogP contribution in [0, 0.1) is 0 Å². The van der Waals surface area contributed by atoms with E-state index in [1.54, 1.807) is 7.11 Å². The summed E-state index contributed by atoms with van der Waals surface area (Å²) in [5.41, 5.74) is 0. The first kappa shape index (κ1) is 10.3. The van der Waals surface area contributed by atoms with Crippen molar-refractivity contribution in [2.45, 2.75) is 18.6 Å². The lowest BCUT2D eigenvalue weighted by atomic mass is 10.3. The molecule has 0 fully saturated rings. The third kappa shape index (κ3) is 8.27. The van der Waals surface area contributed by atoms with Crippen LogP contribution >= 0.6 is 12.6 Å². The first-order chi connectivity index (χ1) is 4.77. The molecule has 0 rings (SSSR count). The minimum absolute atomic E-state index is 0.433. The molecule has 3 heteroatoms. The Morgan fingerprint density at radius 1 is 1.30 bits per heavy atom. The van der Waals surface area contributed by atoms with Crippen LogP contribution in [0.3, 0.4) is 0 Å². The SMILES string of the molecule is COCCOCCC(C)S. The summed E-state index contributed by atoms with van der Waals surface area (Å²) in [6, 6.07) is 0. The van der Waals surface area contributed by atoms with Gasteiger partial charge in [0.2, 0.25) is 0 Å². The predicted octanol–water partition coefficient (Wildman–Crippen LogP) is 1.36. The Bertz CT molecular complexity index is 66.6. The lowest BCUT2D eigenvalue weighted by molar-refractivity contribution is 0.0697. The van der Waals surface area contributed by atoms with Gasteiger partial charge >= 0.3 is 0 Å². The molecule has 62 valence electrons. The monoisotopic (exact) mass is 164 g/mol. The molecule has 0 radical (unpaired) electrons. The average molecular weight is 164 g/mol. The van der Waals surface area contributed by atoms with Gasteiger partial charge in [0.25, 0.3) is 0 Å². The standard InChI is InChI=1S/C7H16O2S/c1-7(10)3-4-9-6-5-8-2/h7,10H,3-6H2,1-2H3. The Labute approximate surface area is 68.3 Å². The van der Waals surface area contributed by atoms with E-state index in [1.165, 1.54) is 0 Å². The summed E-state index contributed by atoms with van der Waals surface area (Å²) in [4.78, 5) is 0. The maximum atomic E-state index is 5.21. The van der Waals surface area contributed by atoms with Crippen LogP contribution in [0.2, 0.25) is 0 Å². The van der Waals surface area contributed by atoms with Gasteiger partial charge in [-0.3, -0.25) is 0 Å². The van der Waals surface area contributed by atoms with E-state index in [1.807, 2.05) is 0 Å². The number of ether oxygens (including phenoxy) is 2. The Morgan fingerprint density at radius 2 is 2.00 bits per heavy atom. The van der Waals surface area contributed by atoms with Crippen molar-refractivity contribution in [3.63, 3.8) is 0 Å². The second kappa shape index (κ2) is 7.38. The molecule has 0 aliphatic heterocycles. The fraction of sp³-hybridized carbons (Fsp3) is 1.00. The Balaban J connectivity index is 2.77. The summed E-state index contributed by atoms with van der Waals surface area (Å²) in [6.07, 6.45) is 1.01. The Morgan fingerprint density at radius 3 is 2.50 bits per heavy atom. The summed E-state index contributed by atoms with van der Waals surface area (Å²) >= 11 is 4.21.